The molecule has 1 aromatic carbocycles. The molecule has 2 unspecified atom stereocenters. The molecule has 2 rings (SSSR count). The fraction of sp³-hybridized carbons (Fsp3) is 0.500. The molecule has 0 saturated heterocycles. The van der Waals surface area contributed by atoms with Gasteiger partial charge in [0.05, 0.1) is 29.7 Å². The molecule has 0 heterocycles. The second-order valence-electron chi connectivity index (χ2n) is 5.67. The number of carbonyl (C=O) groups is 2. The zero-order valence-corrected chi connectivity index (χ0v) is 13.0. The predicted octanol–water partition coefficient (Wildman–Crippen LogP) is 3.54. The summed E-state index contributed by atoms with van der Waals surface area (Å²) in [5.41, 5.74) is -1.01. The zero-order valence-electron chi connectivity index (χ0n) is 13.0. The highest BCUT2D eigenvalue weighted by Crippen LogP contribution is 2.38. The number of halogens is 3. The van der Waals surface area contributed by atoms with Gasteiger partial charge in [0.15, 0.2) is 0 Å². The lowest BCUT2D eigenvalue weighted by atomic mass is 9.73. The van der Waals surface area contributed by atoms with Crippen LogP contribution in [-0.2, 0) is 15.8 Å². The lowest BCUT2D eigenvalue weighted by Gasteiger charge is -2.32. The summed E-state index contributed by atoms with van der Waals surface area (Å²) in [4.78, 5) is 23.2. The van der Waals surface area contributed by atoms with Gasteiger partial charge in [-0.1, -0.05) is 6.92 Å². The van der Waals surface area contributed by atoms with E-state index in [1.807, 2.05) is 6.92 Å². The van der Waals surface area contributed by atoms with E-state index >= 15 is 0 Å². The van der Waals surface area contributed by atoms with E-state index in [1.165, 1.54) is 0 Å². The van der Waals surface area contributed by atoms with Gasteiger partial charge in [0.2, 0.25) is 5.91 Å². The lowest BCUT2D eigenvalue weighted by molar-refractivity contribution is -0.151. The minimum atomic E-state index is -4.55. The first-order valence-electron chi connectivity index (χ1n) is 7.61. The van der Waals surface area contributed by atoms with Crippen molar-refractivity contribution >= 4 is 17.6 Å². The van der Waals surface area contributed by atoms with Gasteiger partial charge < -0.3 is 15.2 Å². The number of carboxylic acid groups (broad SMARTS) is 1. The van der Waals surface area contributed by atoms with E-state index in [2.05, 4.69) is 5.32 Å². The minimum absolute atomic E-state index is 0.0979. The first-order valence-corrected chi connectivity index (χ1v) is 7.61. The Morgan fingerprint density at radius 2 is 1.96 bits per heavy atom. The van der Waals surface area contributed by atoms with E-state index < -0.39 is 35.5 Å². The number of carboxylic acids is 1. The summed E-state index contributed by atoms with van der Waals surface area (Å²) in [6, 6.07) is 2.84. The maximum absolute atomic E-state index is 12.9. The van der Waals surface area contributed by atoms with Crippen LogP contribution in [0, 0.1) is 11.8 Å². The van der Waals surface area contributed by atoms with Gasteiger partial charge in [0, 0.05) is 0 Å². The molecule has 0 aliphatic heterocycles. The molecule has 132 valence electrons. The van der Waals surface area contributed by atoms with E-state index in [1.54, 1.807) is 0 Å². The van der Waals surface area contributed by atoms with Crippen molar-refractivity contribution in [3.63, 3.8) is 0 Å². The standard InChI is InChI=1S/C16H18F3NO4/c1-2-7-24-13-6-3-9(16(17,18)19)8-12(13)20-14(21)10-4-5-11(10)15(22)23/h3,6,8,10-11H,2,4-5,7H2,1H3,(H,20,21)(H,22,23). The average Bonchev–Trinajstić information content (AvgIpc) is 2.42. The maximum atomic E-state index is 12.9. The number of rotatable bonds is 6. The average molecular weight is 345 g/mol. The molecule has 1 aromatic rings. The van der Waals surface area contributed by atoms with Crippen LogP contribution >= 0.6 is 0 Å². The summed E-state index contributed by atoms with van der Waals surface area (Å²) in [6.45, 7) is 2.13. The normalized spacial score (nSPS) is 20.2. The first kappa shape index (κ1) is 18.1. The van der Waals surface area contributed by atoms with Gasteiger partial charge in [-0.15, -0.1) is 0 Å². The third-order valence-electron chi connectivity index (χ3n) is 3.95. The molecule has 1 fully saturated rings. The SMILES string of the molecule is CCCOc1ccc(C(F)(F)F)cc1NC(=O)C1CCC1C(=O)O. The number of ether oxygens (including phenoxy) is 1. The van der Waals surface area contributed by atoms with E-state index in [-0.39, 0.29) is 18.0 Å². The molecule has 1 amide bonds. The fourth-order valence-corrected chi connectivity index (χ4v) is 2.48. The number of amides is 1. The summed E-state index contributed by atoms with van der Waals surface area (Å²) in [7, 11) is 0. The van der Waals surface area contributed by atoms with Crippen LogP contribution < -0.4 is 10.1 Å². The Kier molecular flexibility index (Phi) is 5.36. The summed E-state index contributed by atoms with van der Waals surface area (Å²) >= 11 is 0. The van der Waals surface area contributed by atoms with Gasteiger partial charge in [-0.05, 0) is 37.5 Å². The number of aliphatic carboxylic acids is 1. The highest BCUT2D eigenvalue weighted by molar-refractivity contribution is 5.97. The highest BCUT2D eigenvalue weighted by atomic mass is 19.4. The highest BCUT2D eigenvalue weighted by Gasteiger charge is 2.41. The van der Waals surface area contributed by atoms with Gasteiger partial charge in [-0.2, -0.15) is 13.2 Å². The van der Waals surface area contributed by atoms with Crippen LogP contribution in [0.2, 0.25) is 0 Å². The monoisotopic (exact) mass is 345 g/mol. The Morgan fingerprint density at radius 3 is 2.46 bits per heavy atom. The summed E-state index contributed by atoms with van der Waals surface area (Å²) in [5, 5.41) is 11.4. The lowest BCUT2D eigenvalue weighted by Crippen LogP contribution is -2.41. The van der Waals surface area contributed by atoms with E-state index in [4.69, 9.17) is 9.84 Å². The molecule has 2 N–H and O–H groups in total. The molecule has 8 heteroatoms. The molecule has 1 aliphatic carbocycles. The van der Waals surface area contributed by atoms with Crippen molar-refractivity contribution in [3.8, 4) is 5.75 Å². The van der Waals surface area contributed by atoms with Crippen molar-refractivity contribution in [2.75, 3.05) is 11.9 Å². The number of benzene rings is 1. The van der Waals surface area contributed by atoms with Crippen molar-refractivity contribution in [2.45, 2.75) is 32.4 Å². The van der Waals surface area contributed by atoms with Gasteiger partial charge in [-0.3, -0.25) is 9.59 Å². The van der Waals surface area contributed by atoms with E-state index in [9.17, 15) is 22.8 Å². The Balaban J connectivity index is 2.22. The van der Waals surface area contributed by atoms with Gasteiger partial charge in [0.1, 0.15) is 5.75 Å². The molecule has 0 spiro atoms. The largest absolute Gasteiger partial charge is 0.491 e. The van der Waals surface area contributed by atoms with E-state index in [0.717, 1.165) is 18.2 Å². The Bertz CT molecular complexity index is 630. The van der Waals surface area contributed by atoms with Crippen molar-refractivity contribution in [1.82, 2.24) is 0 Å². The third kappa shape index (κ3) is 3.98. The maximum Gasteiger partial charge on any atom is 0.416 e. The van der Waals surface area contributed by atoms with E-state index in [0.29, 0.717) is 19.3 Å². The van der Waals surface area contributed by atoms with Crippen LogP contribution in [0.15, 0.2) is 18.2 Å². The number of carbonyl (C=O) groups excluding carboxylic acids is 1. The molecule has 0 bridgehead atoms. The number of anilines is 1. The summed E-state index contributed by atoms with van der Waals surface area (Å²) in [5.74, 6) is -3.08. The van der Waals surface area contributed by atoms with Gasteiger partial charge in [0.25, 0.3) is 0 Å². The smallest absolute Gasteiger partial charge is 0.416 e. The summed E-state index contributed by atoms with van der Waals surface area (Å²) in [6.07, 6.45) is -3.12. The molecule has 0 radical (unpaired) electrons. The van der Waals surface area contributed by atoms with Crippen LogP contribution in [0.1, 0.15) is 31.7 Å². The fourth-order valence-electron chi connectivity index (χ4n) is 2.48. The van der Waals surface area contributed by atoms with Crippen LogP contribution in [0.25, 0.3) is 0 Å². The Morgan fingerprint density at radius 1 is 1.29 bits per heavy atom. The molecular formula is C16H18F3NO4. The van der Waals surface area contributed by atoms with Crippen LogP contribution in [0.4, 0.5) is 18.9 Å². The zero-order chi connectivity index (χ0) is 17.9. The Labute approximate surface area is 136 Å². The van der Waals surface area contributed by atoms with Crippen molar-refractivity contribution in [3.05, 3.63) is 23.8 Å². The Hall–Kier alpha value is -2.25. The molecular weight excluding hydrogens is 327 g/mol. The first-order chi connectivity index (χ1) is 11.2. The number of alkyl halides is 3. The predicted molar refractivity (Wildman–Crippen MR) is 79.7 cm³/mol. The molecule has 24 heavy (non-hydrogen) atoms. The van der Waals surface area contributed by atoms with Crippen LogP contribution in [0.5, 0.6) is 5.75 Å². The van der Waals surface area contributed by atoms with Crippen molar-refractivity contribution in [2.24, 2.45) is 11.8 Å². The molecule has 5 nitrogen and oxygen atoms in total. The topological polar surface area (TPSA) is 75.6 Å². The number of nitrogens with one attached hydrogen (secondary N) is 1. The van der Waals surface area contributed by atoms with Crippen molar-refractivity contribution < 1.29 is 32.6 Å². The van der Waals surface area contributed by atoms with Gasteiger partial charge in [-0.25, -0.2) is 0 Å². The molecule has 0 aromatic heterocycles. The van der Waals surface area contributed by atoms with Crippen LogP contribution in [0.3, 0.4) is 0 Å². The molecule has 2 atom stereocenters. The van der Waals surface area contributed by atoms with Crippen molar-refractivity contribution in [1.29, 1.82) is 0 Å². The second-order valence-corrected chi connectivity index (χ2v) is 5.67. The quantitative estimate of drug-likeness (QED) is 0.827. The van der Waals surface area contributed by atoms with Gasteiger partial charge >= 0.3 is 12.1 Å². The van der Waals surface area contributed by atoms with Crippen LogP contribution in [-0.4, -0.2) is 23.6 Å². The summed E-state index contributed by atoms with van der Waals surface area (Å²) < 4.78 is 43.9. The second kappa shape index (κ2) is 7.11. The molecule has 1 saturated carbocycles. The minimum Gasteiger partial charge on any atom is -0.491 e. The number of hydrogen-bond donors (Lipinski definition) is 2. The molecule has 1 aliphatic rings. The number of hydrogen-bond acceptors (Lipinski definition) is 3. The third-order valence-corrected chi connectivity index (χ3v) is 3.95.